The highest BCUT2D eigenvalue weighted by Crippen LogP contribution is 2.52. The maximum Gasteiger partial charge on any atom is 0.209 e. The first-order chi connectivity index (χ1) is 15.8. The maximum absolute atomic E-state index is 4.91. The number of nitrogens with zero attached hydrogens (tertiary/aromatic N) is 5. The van der Waals surface area contributed by atoms with Crippen molar-refractivity contribution in [1.29, 1.82) is 0 Å². The van der Waals surface area contributed by atoms with Gasteiger partial charge in [0.2, 0.25) is 5.82 Å². The van der Waals surface area contributed by atoms with Crippen molar-refractivity contribution < 1.29 is 0 Å². The van der Waals surface area contributed by atoms with Gasteiger partial charge in [0.25, 0.3) is 0 Å². The molecular formula is C26H34N6S. The van der Waals surface area contributed by atoms with Crippen LogP contribution >= 0.6 is 11.3 Å². The van der Waals surface area contributed by atoms with Crippen molar-refractivity contribution in [2.75, 3.05) is 25.5 Å². The Bertz CT molecular complexity index is 1230. The van der Waals surface area contributed by atoms with Gasteiger partial charge in [-0.15, -0.1) is 11.3 Å². The second-order valence-electron chi connectivity index (χ2n) is 9.32. The summed E-state index contributed by atoms with van der Waals surface area (Å²) < 4.78 is 2.25. The highest BCUT2D eigenvalue weighted by molar-refractivity contribution is 7.12. The summed E-state index contributed by atoms with van der Waals surface area (Å²) in [7, 11) is 4.03. The van der Waals surface area contributed by atoms with Crippen molar-refractivity contribution in [3.05, 3.63) is 46.3 Å². The fourth-order valence-electron chi connectivity index (χ4n) is 4.97. The number of hydrogen-bond acceptors (Lipinski definition) is 6. The third-order valence-electron chi connectivity index (χ3n) is 7.25. The lowest BCUT2D eigenvalue weighted by molar-refractivity contribution is 0.253. The predicted octanol–water partition coefficient (Wildman–Crippen LogP) is 5.15. The van der Waals surface area contributed by atoms with E-state index in [1.54, 1.807) is 11.3 Å². The number of nitrogens with one attached hydrogen (secondary N) is 1. The summed E-state index contributed by atoms with van der Waals surface area (Å²) >= 11 is 1.69. The molecule has 33 heavy (non-hydrogen) atoms. The standard InChI is InChI=1S/C26H34N6S/c1-8-15-31(7)24-23-25(30-22(29-24)12-11-20-10-9-17(2)33-20)32(16-28-23)21-13-14-26(5,18(21)3)19(4)27-6/h9-10,16,18,21,27H,4,8,13-15H2,1-3,5-7H3/t18-,21?,26-/m1/s1. The Morgan fingerprint density at radius 3 is 2.82 bits per heavy atom. The molecule has 0 aliphatic heterocycles. The number of allylic oxidation sites excluding steroid dienone is 1. The molecule has 1 saturated carbocycles. The minimum Gasteiger partial charge on any atom is -0.391 e. The number of aromatic nitrogens is 4. The number of fused-ring (bicyclic) bond motifs is 1. The van der Waals surface area contributed by atoms with Gasteiger partial charge in [-0.1, -0.05) is 27.4 Å². The molecule has 0 bridgehead atoms. The minimum absolute atomic E-state index is 0.0323. The zero-order valence-corrected chi connectivity index (χ0v) is 21.4. The lowest BCUT2D eigenvalue weighted by Gasteiger charge is -2.33. The van der Waals surface area contributed by atoms with Gasteiger partial charge in [-0.25, -0.2) is 15.0 Å². The molecule has 0 saturated heterocycles. The predicted molar refractivity (Wildman–Crippen MR) is 138 cm³/mol. The summed E-state index contributed by atoms with van der Waals surface area (Å²) in [6, 6.07) is 4.44. The van der Waals surface area contributed by atoms with E-state index in [9.17, 15) is 0 Å². The maximum atomic E-state index is 4.91. The Balaban J connectivity index is 1.80. The zero-order chi connectivity index (χ0) is 23.8. The molecule has 174 valence electrons. The highest BCUT2D eigenvalue weighted by Gasteiger charge is 2.45. The van der Waals surface area contributed by atoms with Crippen LogP contribution in [0.3, 0.4) is 0 Å². The molecule has 1 unspecified atom stereocenters. The van der Waals surface area contributed by atoms with Crippen LogP contribution < -0.4 is 10.2 Å². The number of hydrogen-bond donors (Lipinski definition) is 1. The minimum atomic E-state index is 0.0323. The second kappa shape index (κ2) is 9.18. The summed E-state index contributed by atoms with van der Waals surface area (Å²) in [5, 5.41) is 3.29. The van der Waals surface area contributed by atoms with E-state index in [0.717, 1.165) is 53.4 Å². The molecule has 0 spiro atoms. The van der Waals surface area contributed by atoms with Crippen LogP contribution in [0.5, 0.6) is 0 Å². The summed E-state index contributed by atoms with van der Waals surface area (Å²) in [6.45, 7) is 14.1. The fourth-order valence-corrected chi connectivity index (χ4v) is 5.69. The van der Waals surface area contributed by atoms with Crippen molar-refractivity contribution in [2.45, 2.75) is 53.0 Å². The largest absolute Gasteiger partial charge is 0.391 e. The molecule has 0 radical (unpaired) electrons. The van der Waals surface area contributed by atoms with Gasteiger partial charge in [-0.3, -0.25) is 0 Å². The van der Waals surface area contributed by atoms with Crippen LogP contribution in [-0.2, 0) is 0 Å². The molecule has 0 amide bonds. The molecule has 3 aromatic heterocycles. The number of rotatable bonds is 6. The molecule has 4 rings (SSSR count). The van der Waals surface area contributed by atoms with Gasteiger partial charge in [0.1, 0.15) is 0 Å². The van der Waals surface area contributed by atoms with Crippen molar-refractivity contribution in [3.63, 3.8) is 0 Å². The molecule has 1 aliphatic carbocycles. The summed E-state index contributed by atoms with van der Waals surface area (Å²) in [6.07, 6.45) is 5.11. The SMILES string of the molecule is C=C(NC)[C@]1(C)CCC(n2cnc3c(N(C)CCC)nc(C#Cc4ccc(C)s4)nc32)[C@H]1C. The molecule has 1 aliphatic rings. The van der Waals surface area contributed by atoms with Gasteiger partial charge in [0, 0.05) is 42.7 Å². The van der Waals surface area contributed by atoms with E-state index in [0.29, 0.717) is 17.8 Å². The average molecular weight is 463 g/mol. The number of aryl methyl sites for hydroxylation is 1. The van der Waals surface area contributed by atoms with Crippen molar-refractivity contribution in [2.24, 2.45) is 11.3 Å². The fraction of sp³-hybridized carbons (Fsp3) is 0.500. The summed E-state index contributed by atoms with van der Waals surface area (Å²) in [5.74, 6) is 8.24. The lowest BCUT2D eigenvalue weighted by atomic mass is 9.77. The molecule has 1 fully saturated rings. The van der Waals surface area contributed by atoms with E-state index >= 15 is 0 Å². The molecule has 1 N–H and O–H groups in total. The Hall–Kier alpha value is -2.85. The topological polar surface area (TPSA) is 58.9 Å². The molecular weight excluding hydrogens is 428 g/mol. The smallest absolute Gasteiger partial charge is 0.209 e. The highest BCUT2D eigenvalue weighted by atomic mass is 32.1. The zero-order valence-electron chi connectivity index (χ0n) is 20.6. The molecule has 3 heterocycles. The Labute approximate surface area is 201 Å². The quantitative estimate of drug-likeness (QED) is 0.513. The Morgan fingerprint density at radius 1 is 1.36 bits per heavy atom. The number of imidazole rings is 1. The molecule has 3 atom stereocenters. The normalized spacial score (nSPS) is 22.2. The van der Waals surface area contributed by atoms with Crippen LogP contribution in [0, 0.1) is 30.1 Å². The van der Waals surface area contributed by atoms with Crippen LogP contribution in [-0.4, -0.2) is 40.2 Å². The van der Waals surface area contributed by atoms with Crippen LogP contribution in [0.25, 0.3) is 11.2 Å². The third-order valence-corrected chi connectivity index (χ3v) is 8.17. The van der Waals surface area contributed by atoms with E-state index in [-0.39, 0.29) is 5.41 Å². The lowest BCUT2D eigenvalue weighted by Crippen LogP contribution is -2.31. The van der Waals surface area contributed by atoms with Crippen molar-refractivity contribution in [1.82, 2.24) is 24.8 Å². The van der Waals surface area contributed by atoms with Crippen molar-refractivity contribution in [3.8, 4) is 11.8 Å². The van der Waals surface area contributed by atoms with Crippen LogP contribution in [0.2, 0.25) is 0 Å². The van der Waals surface area contributed by atoms with Gasteiger partial charge in [0.15, 0.2) is 17.0 Å². The summed E-state index contributed by atoms with van der Waals surface area (Å²) in [5.41, 5.74) is 2.84. The van der Waals surface area contributed by atoms with E-state index in [1.807, 2.05) is 13.4 Å². The monoisotopic (exact) mass is 462 g/mol. The number of thiophene rings is 1. The van der Waals surface area contributed by atoms with Crippen LogP contribution in [0.1, 0.15) is 61.7 Å². The second-order valence-corrected chi connectivity index (χ2v) is 10.6. The number of anilines is 1. The average Bonchev–Trinajstić information content (AvgIpc) is 3.49. The van der Waals surface area contributed by atoms with E-state index in [1.165, 1.54) is 4.88 Å². The van der Waals surface area contributed by atoms with Gasteiger partial charge < -0.3 is 14.8 Å². The molecule has 3 aromatic rings. The van der Waals surface area contributed by atoms with Gasteiger partial charge in [-0.05, 0) is 56.1 Å². The van der Waals surface area contributed by atoms with Gasteiger partial charge in [0.05, 0.1) is 11.2 Å². The first-order valence-corrected chi connectivity index (χ1v) is 12.5. The van der Waals surface area contributed by atoms with Gasteiger partial charge in [-0.2, -0.15) is 0 Å². The Morgan fingerprint density at radius 2 is 2.15 bits per heavy atom. The Kier molecular flexibility index (Phi) is 6.49. The summed E-state index contributed by atoms with van der Waals surface area (Å²) in [4.78, 5) is 18.9. The first-order valence-electron chi connectivity index (χ1n) is 11.7. The third kappa shape index (κ3) is 4.24. The van der Waals surface area contributed by atoms with E-state index in [2.05, 4.69) is 80.1 Å². The van der Waals surface area contributed by atoms with Gasteiger partial charge >= 0.3 is 0 Å². The van der Waals surface area contributed by atoms with Crippen molar-refractivity contribution >= 4 is 28.3 Å². The van der Waals surface area contributed by atoms with E-state index in [4.69, 9.17) is 15.0 Å². The molecule has 7 heteroatoms. The first kappa shape index (κ1) is 23.3. The van der Waals surface area contributed by atoms with Crippen LogP contribution in [0.4, 0.5) is 5.82 Å². The van der Waals surface area contributed by atoms with Crippen LogP contribution in [0.15, 0.2) is 30.7 Å². The van der Waals surface area contributed by atoms with E-state index < -0.39 is 0 Å². The molecule has 0 aromatic carbocycles. The molecule has 6 nitrogen and oxygen atoms in total.